The second-order valence-electron chi connectivity index (χ2n) is 13.7. The second kappa shape index (κ2) is 11.8. The smallest absolute Gasteiger partial charge is 0.261 e. The van der Waals surface area contributed by atoms with Gasteiger partial charge in [0.2, 0.25) is 0 Å². The number of amides is 4. The third-order valence-electron chi connectivity index (χ3n) is 10.4. The molecule has 1 unspecified atom stereocenters. The van der Waals surface area contributed by atoms with Gasteiger partial charge in [-0.15, -0.1) is 0 Å². The van der Waals surface area contributed by atoms with Crippen LogP contribution < -0.4 is 0 Å². The minimum Gasteiger partial charge on any atom is -0.272 e. The second-order valence-corrected chi connectivity index (χ2v) is 13.7. The third kappa shape index (κ3) is 4.51. The zero-order chi connectivity index (χ0) is 32.3. The van der Waals surface area contributed by atoms with E-state index in [4.69, 9.17) is 0 Å². The fourth-order valence-electron chi connectivity index (χ4n) is 8.05. The maximum Gasteiger partial charge on any atom is 0.261 e. The molecule has 7 rings (SSSR count). The van der Waals surface area contributed by atoms with Crippen molar-refractivity contribution >= 4 is 66.7 Å². The first kappa shape index (κ1) is 30.3. The highest BCUT2D eigenvalue weighted by Crippen LogP contribution is 2.46. The van der Waals surface area contributed by atoms with E-state index in [-0.39, 0.29) is 35.7 Å². The molecule has 6 nitrogen and oxygen atoms in total. The largest absolute Gasteiger partial charge is 0.272 e. The monoisotopic (exact) mass is 614 g/mol. The molecule has 0 spiro atoms. The van der Waals surface area contributed by atoms with Gasteiger partial charge >= 0.3 is 0 Å². The lowest BCUT2D eigenvalue weighted by Gasteiger charge is -2.33. The molecule has 0 N–H and O–H groups in total. The molecule has 5 aromatic carbocycles. The van der Waals surface area contributed by atoms with Gasteiger partial charge < -0.3 is 0 Å². The molecule has 0 saturated heterocycles. The number of imide groups is 2. The Morgan fingerprint density at radius 1 is 0.457 bits per heavy atom. The van der Waals surface area contributed by atoms with E-state index in [1.165, 1.54) is 54.7 Å². The lowest BCUT2D eigenvalue weighted by Crippen LogP contribution is -2.45. The number of nitrogens with zero attached hydrogens (tertiary/aromatic N) is 2. The molecule has 2 aliphatic rings. The molecule has 0 aromatic heterocycles. The van der Waals surface area contributed by atoms with Gasteiger partial charge in [-0.2, -0.15) is 0 Å². The quantitative estimate of drug-likeness (QED) is 0.0607. The van der Waals surface area contributed by atoms with Crippen molar-refractivity contribution in [2.45, 2.75) is 104 Å². The minimum atomic E-state index is -0.278. The summed E-state index contributed by atoms with van der Waals surface area (Å²) in [7, 11) is 0. The van der Waals surface area contributed by atoms with Crippen molar-refractivity contribution in [3.05, 3.63) is 70.8 Å². The molecule has 2 aliphatic heterocycles. The summed E-state index contributed by atoms with van der Waals surface area (Å²) in [5, 5.41) is 6.79. The number of carbonyl (C=O) groups excluding carboxylic acids is 4. The molecule has 5 aromatic rings. The Morgan fingerprint density at radius 2 is 0.804 bits per heavy atom. The molecule has 0 fully saturated rings. The van der Waals surface area contributed by atoms with E-state index in [1.807, 2.05) is 69.3 Å². The summed E-state index contributed by atoms with van der Waals surface area (Å²) in [6.07, 6.45) is 11.9. The Balaban J connectivity index is 1.24. The molecule has 4 amide bonds. The summed E-state index contributed by atoms with van der Waals surface area (Å²) in [6, 6.07) is 14.8. The number of hydrogen-bond acceptors (Lipinski definition) is 4. The van der Waals surface area contributed by atoms with Crippen LogP contribution in [0, 0.1) is 0 Å². The zero-order valence-corrected chi connectivity index (χ0v) is 27.4. The fourth-order valence-corrected chi connectivity index (χ4v) is 8.05. The van der Waals surface area contributed by atoms with E-state index in [0.29, 0.717) is 33.0 Å². The van der Waals surface area contributed by atoms with Crippen LogP contribution in [0.3, 0.4) is 0 Å². The van der Waals surface area contributed by atoms with E-state index in [9.17, 15) is 19.2 Å². The molecule has 1 atom stereocenters. The van der Waals surface area contributed by atoms with Crippen molar-refractivity contribution in [1.82, 2.24) is 9.80 Å². The molecule has 0 aliphatic carbocycles. The minimum absolute atomic E-state index is 0.183. The highest BCUT2D eigenvalue weighted by Gasteiger charge is 2.38. The molecule has 0 saturated carbocycles. The number of hydrogen-bond donors (Lipinski definition) is 0. The predicted molar refractivity (Wildman–Crippen MR) is 185 cm³/mol. The third-order valence-corrected chi connectivity index (χ3v) is 10.4. The van der Waals surface area contributed by atoms with Crippen LogP contribution in [-0.2, 0) is 0 Å². The van der Waals surface area contributed by atoms with Gasteiger partial charge in [0.25, 0.3) is 23.6 Å². The lowest BCUT2D eigenvalue weighted by atomic mass is 9.82. The van der Waals surface area contributed by atoms with Crippen molar-refractivity contribution in [2.75, 3.05) is 0 Å². The van der Waals surface area contributed by atoms with Gasteiger partial charge in [-0.3, -0.25) is 29.0 Å². The molecular formula is C40H42N2O4. The Bertz CT molecular complexity index is 1940. The van der Waals surface area contributed by atoms with Crippen LogP contribution in [0.1, 0.15) is 133 Å². The van der Waals surface area contributed by atoms with Crippen LogP contribution in [0.5, 0.6) is 0 Å². The Morgan fingerprint density at radius 3 is 1.17 bits per heavy atom. The van der Waals surface area contributed by atoms with Crippen LogP contribution in [-0.4, -0.2) is 45.5 Å². The van der Waals surface area contributed by atoms with Crippen molar-refractivity contribution in [3.63, 3.8) is 0 Å². The first-order chi connectivity index (χ1) is 22.3. The lowest BCUT2D eigenvalue weighted by molar-refractivity contribution is 0.0534. The fraction of sp³-hybridized carbons (Fsp3) is 0.400. The summed E-state index contributed by atoms with van der Waals surface area (Å²) in [5.74, 6) is -1.02. The van der Waals surface area contributed by atoms with Gasteiger partial charge in [0, 0.05) is 45.1 Å². The van der Waals surface area contributed by atoms with Gasteiger partial charge in [0.15, 0.2) is 0 Å². The zero-order valence-electron chi connectivity index (χ0n) is 27.4. The molecule has 0 bridgehead atoms. The van der Waals surface area contributed by atoms with E-state index in [0.717, 1.165) is 51.6 Å². The topological polar surface area (TPSA) is 74.8 Å². The average Bonchev–Trinajstić information content (AvgIpc) is 3.04. The number of carbonyl (C=O) groups is 4. The van der Waals surface area contributed by atoms with Gasteiger partial charge in [0.05, 0.1) is 0 Å². The Kier molecular flexibility index (Phi) is 7.78. The summed E-state index contributed by atoms with van der Waals surface area (Å²) < 4.78 is 0. The standard InChI is InChI=1S/C40H42N2O4/c1-5-6-7-8-9-10-11-12-13-14-24(4)42-39(45)31-21-17-27-25-15-19-29-35-30(38(44)41(23(2)3)37(29)43)20-16-26(33(25)35)28-18-22-32(40(42)46)36(31)34(27)28/h15-24H,5-14H2,1-4H3. The molecule has 6 heteroatoms. The van der Waals surface area contributed by atoms with Crippen LogP contribution >= 0.6 is 0 Å². The van der Waals surface area contributed by atoms with Crippen LogP contribution in [0.2, 0.25) is 0 Å². The molecule has 2 heterocycles. The van der Waals surface area contributed by atoms with Crippen molar-refractivity contribution in [3.8, 4) is 0 Å². The summed E-state index contributed by atoms with van der Waals surface area (Å²) >= 11 is 0. The predicted octanol–water partition coefficient (Wildman–Crippen LogP) is 9.65. The first-order valence-electron chi connectivity index (χ1n) is 17.2. The Hall–Kier alpha value is -4.32. The van der Waals surface area contributed by atoms with Crippen molar-refractivity contribution in [1.29, 1.82) is 0 Å². The van der Waals surface area contributed by atoms with E-state index < -0.39 is 0 Å². The number of unbranched alkanes of at least 4 members (excludes halogenated alkanes) is 8. The summed E-state index contributed by atoms with van der Waals surface area (Å²) in [4.78, 5) is 57.8. The van der Waals surface area contributed by atoms with Crippen molar-refractivity contribution < 1.29 is 19.2 Å². The van der Waals surface area contributed by atoms with Crippen molar-refractivity contribution in [2.24, 2.45) is 0 Å². The van der Waals surface area contributed by atoms with Gasteiger partial charge in [0.1, 0.15) is 0 Å². The molecule has 236 valence electrons. The maximum atomic E-state index is 14.0. The SMILES string of the molecule is CCCCCCCCCCCC(C)N1C(=O)c2ccc3c4ccc5c6c(ccc(c7ccc(c2c37)C1=O)c64)C(=O)N(C(C)C)C5=O. The number of benzene rings is 5. The van der Waals surface area contributed by atoms with Gasteiger partial charge in [-0.05, 0) is 83.8 Å². The normalized spacial score (nSPS) is 15.6. The Labute approximate surface area is 270 Å². The molecule has 46 heavy (non-hydrogen) atoms. The van der Waals surface area contributed by atoms with Gasteiger partial charge in [-0.1, -0.05) is 89.0 Å². The number of rotatable bonds is 12. The van der Waals surface area contributed by atoms with Gasteiger partial charge in [-0.25, -0.2) is 0 Å². The highest BCUT2D eigenvalue weighted by atomic mass is 16.2. The maximum absolute atomic E-state index is 14.0. The van der Waals surface area contributed by atoms with Crippen LogP contribution in [0.15, 0.2) is 48.5 Å². The van der Waals surface area contributed by atoms with E-state index in [1.54, 1.807) is 0 Å². The average molecular weight is 615 g/mol. The molecule has 0 radical (unpaired) electrons. The van der Waals surface area contributed by atoms with Crippen LogP contribution in [0.25, 0.3) is 43.1 Å². The number of fused-ring (bicyclic) bond motifs is 2. The highest BCUT2D eigenvalue weighted by molar-refractivity contribution is 6.41. The van der Waals surface area contributed by atoms with E-state index >= 15 is 0 Å². The van der Waals surface area contributed by atoms with Crippen LogP contribution in [0.4, 0.5) is 0 Å². The van der Waals surface area contributed by atoms with E-state index in [2.05, 4.69) is 6.92 Å². The molecular weight excluding hydrogens is 572 g/mol. The summed E-state index contributed by atoms with van der Waals surface area (Å²) in [6.45, 7) is 7.93. The summed E-state index contributed by atoms with van der Waals surface area (Å²) in [5.41, 5.74) is 2.17. The first-order valence-corrected chi connectivity index (χ1v) is 17.2.